The van der Waals surface area contributed by atoms with Crippen LogP contribution in [0.1, 0.15) is 27.2 Å². The van der Waals surface area contributed by atoms with Gasteiger partial charge in [-0.1, -0.05) is 0 Å². The largest absolute Gasteiger partial charge is 0.255 e. The van der Waals surface area contributed by atoms with Gasteiger partial charge in [-0.2, -0.15) is 0 Å². The molecule has 5 heteroatoms. The molecule has 16 heavy (non-hydrogen) atoms. The zero-order valence-corrected chi connectivity index (χ0v) is 12.8. The fraction of sp³-hybridized carbons (Fsp3) is 1.00. The van der Waals surface area contributed by atoms with Gasteiger partial charge in [0.2, 0.25) is 0 Å². The summed E-state index contributed by atoms with van der Waals surface area (Å²) in [6.07, 6.45) is 1.24. The summed E-state index contributed by atoms with van der Waals surface area (Å²) in [5.74, 6) is 0. The molecule has 0 aromatic carbocycles. The highest BCUT2D eigenvalue weighted by Crippen LogP contribution is 2.59. The van der Waals surface area contributed by atoms with Crippen molar-refractivity contribution in [2.24, 2.45) is 4.74 Å². The van der Waals surface area contributed by atoms with Gasteiger partial charge in [-0.3, -0.25) is 9.42 Å². The zero-order valence-electron chi connectivity index (χ0n) is 11.9. The predicted molar refractivity (Wildman–Crippen MR) is 72.7 cm³/mol. The average Bonchev–Trinajstić information content (AvgIpc) is 2.09. The second kappa shape index (κ2) is 4.77. The molecule has 1 aliphatic heterocycles. The topological polar surface area (TPSA) is 22.1 Å². The van der Waals surface area contributed by atoms with Crippen LogP contribution in [-0.4, -0.2) is 60.8 Å². The molecule has 0 N–H and O–H groups in total. The molecular formula is C11H27N4P. The van der Waals surface area contributed by atoms with Crippen LogP contribution in [0.15, 0.2) is 4.74 Å². The smallest absolute Gasteiger partial charge is 0.167 e. The molecule has 0 aromatic rings. The standard InChI is InChI=1S/C11H27N4P/c1-11(2,3)12-16(13(4)5)14(6)9-8-10-15(16)7/h8-10H2,1-7H3. The van der Waals surface area contributed by atoms with Crippen LogP contribution >= 0.6 is 7.51 Å². The molecule has 0 unspecified atom stereocenters. The molecule has 1 saturated heterocycles. The highest BCUT2D eigenvalue weighted by molar-refractivity contribution is 7.59. The molecule has 0 amide bonds. The first kappa shape index (κ1) is 14.2. The van der Waals surface area contributed by atoms with Crippen molar-refractivity contribution in [1.82, 2.24) is 14.0 Å². The van der Waals surface area contributed by atoms with Crippen molar-refractivity contribution in [3.63, 3.8) is 0 Å². The maximum absolute atomic E-state index is 5.15. The summed E-state index contributed by atoms with van der Waals surface area (Å²) in [5, 5.41) is 0. The summed E-state index contributed by atoms with van der Waals surface area (Å²) in [6, 6.07) is 0. The van der Waals surface area contributed by atoms with Crippen LogP contribution in [0.25, 0.3) is 0 Å². The van der Waals surface area contributed by atoms with Crippen LogP contribution in [0.4, 0.5) is 0 Å². The third-order valence-corrected chi connectivity index (χ3v) is 7.02. The fourth-order valence-electron chi connectivity index (χ4n) is 2.31. The van der Waals surface area contributed by atoms with E-state index >= 15 is 0 Å². The van der Waals surface area contributed by atoms with Gasteiger partial charge in [-0.25, -0.2) is 9.34 Å². The lowest BCUT2D eigenvalue weighted by Gasteiger charge is -2.49. The SMILES string of the molecule is CN(C)P1(=NC(C)(C)C)N(C)CCCN1C. The summed E-state index contributed by atoms with van der Waals surface area (Å²) < 4.78 is 12.4. The maximum atomic E-state index is 5.15. The lowest BCUT2D eigenvalue weighted by molar-refractivity contribution is 0.333. The number of hydrogen-bond donors (Lipinski definition) is 0. The van der Waals surface area contributed by atoms with Gasteiger partial charge in [0, 0.05) is 13.1 Å². The van der Waals surface area contributed by atoms with E-state index in [1.54, 1.807) is 0 Å². The molecule has 1 aliphatic rings. The minimum Gasteiger partial charge on any atom is -0.255 e. The van der Waals surface area contributed by atoms with Crippen molar-refractivity contribution in [3.05, 3.63) is 0 Å². The van der Waals surface area contributed by atoms with Crippen LogP contribution < -0.4 is 0 Å². The van der Waals surface area contributed by atoms with Crippen LogP contribution in [0, 0.1) is 0 Å². The molecule has 1 fully saturated rings. The van der Waals surface area contributed by atoms with E-state index in [9.17, 15) is 0 Å². The van der Waals surface area contributed by atoms with E-state index in [1.165, 1.54) is 6.42 Å². The normalized spacial score (nSPS) is 23.8. The molecule has 0 bridgehead atoms. The molecule has 0 aromatic heterocycles. The Labute approximate surface area is 101 Å². The summed E-state index contributed by atoms with van der Waals surface area (Å²) in [5.41, 5.74) is 0.0118. The Morgan fingerprint density at radius 3 is 1.81 bits per heavy atom. The van der Waals surface area contributed by atoms with Gasteiger partial charge < -0.3 is 0 Å². The minimum absolute atomic E-state index is 0.0118. The Hall–Kier alpha value is 0.110. The zero-order chi connectivity index (χ0) is 12.6. The number of rotatable bonds is 1. The molecule has 0 saturated carbocycles. The lowest BCUT2D eigenvalue weighted by atomic mass is 10.1. The second-order valence-electron chi connectivity index (χ2n) is 5.77. The van der Waals surface area contributed by atoms with Crippen molar-refractivity contribution in [2.75, 3.05) is 41.3 Å². The lowest BCUT2D eigenvalue weighted by Crippen LogP contribution is -2.41. The number of hydrogen-bond acceptors (Lipinski definition) is 1. The van der Waals surface area contributed by atoms with Crippen molar-refractivity contribution >= 4 is 7.51 Å². The molecule has 96 valence electrons. The molecule has 0 spiro atoms. The highest BCUT2D eigenvalue weighted by atomic mass is 31.2. The predicted octanol–water partition coefficient (Wildman–Crippen LogP) is 2.56. The Bertz CT molecular complexity index is 279. The van der Waals surface area contributed by atoms with Gasteiger partial charge in [-0.05, 0) is 55.4 Å². The Morgan fingerprint density at radius 2 is 1.50 bits per heavy atom. The van der Waals surface area contributed by atoms with E-state index in [2.05, 4.69) is 63.0 Å². The van der Waals surface area contributed by atoms with E-state index in [1.807, 2.05) is 0 Å². The maximum Gasteiger partial charge on any atom is 0.167 e. The summed E-state index contributed by atoms with van der Waals surface area (Å²) in [7, 11) is 7.08. The highest BCUT2D eigenvalue weighted by Gasteiger charge is 2.36. The second-order valence-corrected chi connectivity index (χ2v) is 9.21. The van der Waals surface area contributed by atoms with E-state index in [0.29, 0.717) is 0 Å². The minimum atomic E-state index is -1.64. The van der Waals surface area contributed by atoms with Crippen molar-refractivity contribution in [2.45, 2.75) is 32.7 Å². The van der Waals surface area contributed by atoms with Crippen LogP contribution in [0.3, 0.4) is 0 Å². The molecule has 4 nitrogen and oxygen atoms in total. The number of nitrogens with zero attached hydrogens (tertiary/aromatic N) is 4. The Morgan fingerprint density at radius 1 is 1.06 bits per heavy atom. The summed E-state index contributed by atoms with van der Waals surface area (Å²) in [6.45, 7) is 8.86. The van der Waals surface area contributed by atoms with Crippen molar-refractivity contribution in [3.8, 4) is 0 Å². The molecule has 0 radical (unpaired) electrons. The third-order valence-electron chi connectivity index (χ3n) is 2.85. The molecular weight excluding hydrogens is 219 g/mol. The first-order valence-electron chi connectivity index (χ1n) is 5.94. The summed E-state index contributed by atoms with van der Waals surface area (Å²) >= 11 is 0. The first-order chi connectivity index (χ1) is 7.20. The fourth-order valence-corrected chi connectivity index (χ4v) is 6.16. The van der Waals surface area contributed by atoms with Crippen molar-refractivity contribution < 1.29 is 0 Å². The monoisotopic (exact) mass is 246 g/mol. The molecule has 0 atom stereocenters. The Balaban J connectivity index is 3.27. The average molecular weight is 246 g/mol. The van der Waals surface area contributed by atoms with E-state index < -0.39 is 7.51 Å². The molecule has 0 aliphatic carbocycles. The van der Waals surface area contributed by atoms with E-state index in [0.717, 1.165) is 13.1 Å². The van der Waals surface area contributed by atoms with Gasteiger partial charge in [0.15, 0.2) is 7.51 Å². The van der Waals surface area contributed by atoms with Gasteiger partial charge in [0.1, 0.15) is 0 Å². The van der Waals surface area contributed by atoms with Crippen LogP contribution in [0.5, 0.6) is 0 Å². The van der Waals surface area contributed by atoms with Gasteiger partial charge >= 0.3 is 0 Å². The van der Waals surface area contributed by atoms with Gasteiger partial charge in [0.25, 0.3) is 0 Å². The first-order valence-corrected chi connectivity index (χ1v) is 7.54. The molecule has 1 rings (SSSR count). The molecule has 1 heterocycles. The summed E-state index contributed by atoms with van der Waals surface area (Å²) in [4.78, 5) is 0. The van der Waals surface area contributed by atoms with E-state index in [-0.39, 0.29) is 5.54 Å². The van der Waals surface area contributed by atoms with Crippen LogP contribution in [0.2, 0.25) is 0 Å². The third kappa shape index (κ3) is 2.67. The quantitative estimate of drug-likeness (QED) is 0.664. The van der Waals surface area contributed by atoms with Crippen molar-refractivity contribution in [1.29, 1.82) is 0 Å². The van der Waals surface area contributed by atoms with Crippen LogP contribution in [-0.2, 0) is 0 Å². The van der Waals surface area contributed by atoms with Gasteiger partial charge in [-0.15, -0.1) is 0 Å². The Kier molecular flexibility index (Phi) is 4.23. The van der Waals surface area contributed by atoms with Gasteiger partial charge in [0.05, 0.1) is 5.54 Å². The van der Waals surface area contributed by atoms with E-state index in [4.69, 9.17) is 4.74 Å².